The molecule has 0 spiro atoms. The SMILES string of the molecule is CC(C)(C)C(=O)ONNc1c([N+](=O)[O-])cnc2cc(OCc3ccccc3)ccc12. The highest BCUT2D eigenvalue weighted by molar-refractivity contribution is 5.96. The number of anilines is 1. The first-order valence-corrected chi connectivity index (χ1v) is 9.22. The second-order valence-electron chi connectivity index (χ2n) is 7.60. The van der Waals surface area contributed by atoms with Crippen LogP contribution < -0.4 is 15.8 Å². The normalized spacial score (nSPS) is 11.2. The molecule has 0 aliphatic rings. The number of nitrogens with zero attached hydrogens (tertiary/aromatic N) is 2. The average Bonchev–Trinajstić information content (AvgIpc) is 2.71. The second kappa shape index (κ2) is 8.75. The number of fused-ring (bicyclic) bond motifs is 1. The fourth-order valence-corrected chi connectivity index (χ4v) is 2.54. The minimum Gasteiger partial charge on any atom is -0.489 e. The Labute approximate surface area is 173 Å². The molecule has 156 valence electrons. The molecular weight excluding hydrogens is 388 g/mol. The lowest BCUT2D eigenvalue weighted by molar-refractivity contribution is -0.384. The highest BCUT2D eigenvalue weighted by Gasteiger charge is 2.24. The molecule has 9 nitrogen and oxygen atoms in total. The summed E-state index contributed by atoms with van der Waals surface area (Å²) in [7, 11) is 0. The van der Waals surface area contributed by atoms with Crippen LogP contribution in [0.4, 0.5) is 11.4 Å². The zero-order valence-corrected chi connectivity index (χ0v) is 16.8. The van der Waals surface area contributed by atoms with Crippen LogP contribution in [-0.2, 0) is 16.2 Å². The van der Waals surface area contributed by atoms with Crippen molar-refractivity contribution >= 4 is 28.2 Å². The van der Waals surface area contributed by atoms with Gasteiger partial charge in [-0.1, -0.05) is 35.9 Å². The second-order valence-corrected chi connectivity index (χ2v) is 7.60. The first kappa shape index (κ1) is 21.0. The molecular formula is C21H22N4O5. The Hall–Kier alpha value is -3.72. The van der Waals surface area contributed by atoms with Gasteiger partial charge in [-0.2, -0.15) is 0 Å². The van der Waals surface area contributed by atoms with Gasteiger partial charge in [-0.25, -0.2) is 9.78 Å². The van der Waals surface area contributed by atoms with E-state index in [1.807, 2.05) is 30.3 Å². The number of benzene rings is 2. The van der Waals surface area contributed by atoms with Gasteiger partial charge >= 0.3 is 11.7 Å². The number of hydrogen-bond acceptors (Lipinski definition) is 8. The lowest BCUT2D eigenvalue weighted by Crippen LogP contribution is -2.32. The standard InChI is InChI=1S/C21H22N4O5/c1-21(2,3)20(26)30-24-23-19-16-10-9-15(29-13-14-7-5-4-6-8-14)11-17(16)22-12-18(19)25(27)28/h4-12,24H,13H2,1-3H3,(H,22,23). The van der Waals surface area contributed by atoms with Gasteiger partial charge in [-0.05, 0) is 38.5 Å². The minimum absolute atomic E-state index is 0.126. The molecule has 0 atom stereocenters. The number of aromatic nitrogens is 1. The predicted octanol–water partition coefficient (Wildman–Crippen LogP) is 4.14. The summed E-state index contributed by atoms with van der Waals surface area (Å²) in [5, 5.41) is 11.9. The maximum absolute atomic E-state index is 11.9. The number of rotatable bonds is 7. The molecule has 3 rings (SSSR count). The molecule has 2 aromatic carbocycles. The summed E-state index contributed by atoms with van der Waals surface area (Å²) in [5.74, 6) is 0.0541. The van der Waals surface area contributed by atoms with Crippen molar-refractivity contribution in [2.45, 2.75) is 27.4 Å². The zero-order valence-electron chi connectivity index (χ0n) is 16.8. The number of pyridine rings is 1. The van der Waals surface area contributed by atoms with Crippen molar-refractivity contribution in [3.05, 3.63) is 70.4 Å². The number of ether oxygens (including phenoxy) is 1. The molecule has 0 saturated heterocycles. The Kier molecular flexibility index (Phi) is 6.12. The van der Waals surface area contributed by atoms with Gasteiger partial charge < -0.3 is 9.57 Å². The molecule has 0 aliphatic heterocycles. The average molecular weight is 410 g/mol. The molecule has 3 aromatic rings. The van der Waals surface area contributed by atoms with Crippen molar-refractivity contribution in [2.75, 3.05) is 5.43 Å². The molecule has 9 heteroatoms. The Morgan fingerprint density at radius 3 is 2.57 bits per heavy atom. The van der Waals surface area contributed by atoms with Gasteiger partial charge in [0.25, 0.3) is 0 Å². The van der Waals surface area contributed by atoms with E-state index in [2.05, 4.69) is 16.0 Å². The van der Waals surface area contributed by atoms with Gasteiger partial charge in [0, 0.05) is 11.5 Å². The fraction of sp³-hybridized carbons (Fsp3) is 0.238. The summed E-state index contributed by atoms with van der Waals surface area (Å²) in [6.45, 7) is 5.46. The van der Waals surface area contributed by atoms with Gasteiger partial charge in [0.15, 0.2) is 0 Å². The third-order valence-corrected chi connectivity index (χ3v) is 4.20. The molecule has 0 aliphatic carbocycles. The van der Waals surface area contributed by atoms with Gasteiger partial charge in [0.2, 0.25) is 0 Å². The maximum atomic E-state index is 11.9. The van der Waals surface area contributed by atoms with Gasteiger partial charge in [0.05, 0.1) is 15.9 Å². The van der Waals surface area contributed by atoms with Crippen LogP contribution >= 0.6 is 0 Å². The summed E-state index contributed by atoms with van der Waals surface area (Å²) in [6.07, 6.45) is 1.14. The van der Waals surface area contributed by atoms with Crippen molar-refractivity contribution in [3.63, 3.8) is 0 Å². The number of nitrogens with one attached hydrogen (secondary N) is 2. The van der Waals surface area contributed by atoms with E-state index in [0.717, 1.165) is 11.8 Å². The largest absolute Gasteiger partial charge is 0.489 e. The number of carbonyl (C=O) groups excluding carboxylic acids is 1. The van der Waals surface area contributed by atoms with Crippen molar-refractivity contribution in [3.8, 4) is 5.75 Å². The van der Waals surface area contributed by atoms with E-state index in [0.29, 0.717) is 23.3 Å². The summed E-state index contributed by atoms with van der Waals surface area (Å²) in [6, 6.07) is 14.7. The van der Waals surface area contributed by atoms with Crippen LogP contribution in [0.25, 0.3) is 10.9 Å². The molecule has 0 bridgehead atoms. The highest BCUT2D eigenvalue weighted by Crippen LogP contribution is 2.33. The highest BCUT2D eigenvalue weighted by atomic mass is 16.7. The number of hydrazine groups is 1. The van der Waals surface area contributed by atoms with E-state index in [-0.39, 0.29) is 11.4 Å². The van der Waals surface area contributed by atoms with Crippen LogP contribution in [0.2, 0.25) is 0 Å². The van der Waals surface area contributed by atoms with E-state index >= 15 is 0 Å². The Bertz CT molecular complexity index is 1060. The number of nitro groups is 1. The summed E-state index contributed by atoms with van der Waals surface area (Å²) >= 11 is 0. The Morgan fingerprint density at radius 2 is 1.90 bits per heavy atom. The van der Waals surface area contributed by atoms with E-state index in [1.54, 1.807) is 39.0 Å². The fourth-order valence-electron chi connectivity index (χ4n) is 2.54. The smallest absolute Gasteiger partial charge is 0.332 e. The lowest BCUT2D eigenvalue weighted by atomic mass is 9.98. The Morgan fingerprint density at radius 1 is 1.17 bits per heavy atom. The predicted molar refractivity (Wildman–Crippen MR) is 111 cm³/mol. The molecule has 0 radical (unpaired) electrons. The molecule has 0 amide bonds. The van der Waals surface area contributed by atoms with Crippen LogP contribution in [0.1, 0.15) is 26.3 Å². The van der Waals surface area contributed by atoms with E-state index in [9.17, 15) is 14.9 Å². The molecule has 30 heavy (non-hydrogen) atoms. The van der Waals surface area contributed by atoms with Crippen LogP contribution in [0.3, 0.4) is 0 Å². The van der Waals surface area contributed by atoms with Crippen molar-refractivity contribution < 1.29 is 19.3 Å². The summed E-state index contributed by atoms with van der Waals surface area (Å²) in [5.41, 5.74) is 5.53. The molecule has 0 fully saturated rings. The molecule has 0 unspecified atom stereocenters. The van der Waals surface area contributed by atoms with E-state index < -0.39 is 16.3 Å². The minimum atomic E-state index is -0.730. The van der Waals surface area contributed by atoms with Crippen molar-refractivity contribution in [1.82, 2.24) is 10.6 Å². The third kappa shape index (κ3) is 5.00. The third-order valence-electron chi connectivity index (χ3n) is 4.20. The topological polar surface area (TPSA) is 116 Å². The van der Waals surface area contributed by atoms with Gasteiger partial charge in [0.1, 0.15) is 24.2 Å². The van der Waals surface area contributed by atoms with Gasteiger partial charge in [-0.3, -0.25) is 15.5 Å². The molecule has 2 N–H and O–H groups in total. The molecule has 0 saturated carbocycles. The number of hydrogen-bond donors (Lipinski definition) is 2. The summed E-state index contributed by atoms with van der Waals surface area (Å²) in [4.78, 5) is 31.8. The summed E-state index contributed by atoms with van der Waals surface area (Å²) < 4.78 is 5.79. The molecule has 1 aromatic heterocycles. The number of carbonyl (C=O) groups is 1. The van der Waals surface area contributed by atoms with Crippen LogP contribution in [0.5, 0.6) is 5.75 Å². The van der Waals surface area contributed by atoms with Crippen molar-refractivity contribution in [1.29, 1.82) is 0 Å². The van der Waals surface area contributed by atoms with Crippen molar-refractivity contribution in [2.24, 2.45) is 5.41 Å². The molecule has 1 heterocycles. The first-order valence-electron chi connectivity index (χ1n) is 9.22. The van der Waals surface area contributed by atoms with Crippen LogP contribution in [-0.4, -0.2) is 15.9 Å². The monoisotopic (exact) mass is 410 g/mol. The quantitative estimate of drug-likeness (QED) is 0.441. The maximum Gasteiger partial charge on any atom is 0.332 e. The zero-order chi connectivity index (χ0) is 21.7. The van der Waals surface area contributed by atoms with E-state index in [1.165, 1.54) is 0 Å². The lowest BCUT2D eigenvalue weighted by Gasteiger charge is -2.17. The van der Waals surface area contributed by atoms with Crippen LogP contribution in [0, 0.1) is 15.5 Å². The van der Waals surface area contributed by atoms with Crippen LogP contribution in [0.15, 0.2) is 54.7 Å². The van der Waals surface area contributed by atoms with Gasteiger partial charge in [-0.15, -0.1) is 0 Å². The Balaban J connectivity index is 1.82. The van der Waals surface area contributed by atoms with E-state index in [4.69, 9.17) is 9.57 Å². The first-order chi connectivity index (χ1) is 14.3.